The molecule has 0 atom stereocenters. The van der Waals surface area contributed by atoms with Crippen molar-refractivity contribution in [1.29, 1.82) is 0 Å². The molecule has 0 amide bonds. The summed E-state index contributed by atoms with van der Waals surface area (Å²) in [6.07, 6.45) is 7.91. The maximum absolute atomic E-state index is 8.98. The minimum atomic E-state index is 0.546. The summed E-state index contributed by atoms with van der Waals surface area (Å²) in [4.78, 5) is 2.37. The fourth-order valence-corrected chi connectivity index (χ4v) is 2.32. The van der Waals surface area contributed by atoms with Gasteiger partial charge in [0.15, 0.2) is 0 Å². The van der Waals surface area contributed by atoms with E-state index in [9.17, 15) is 0 Å². The molecule has 5 nitrogen and oxygen atoms in total. The first-order valence-corrected chi connectivity index (χ1v) is 6.88. The van der Waals surface area contributed by atoms with Gasteiger partial charge in [0, 0.05) is 0 Å². The molecule has 0 aromatic heterocycles. The second kappa shape index (κ2) is 8.91. The number of hydrogen-bond donors (Lipinski definition) is 2. The van der Waals surface area contributed by atoms with Crippen molar-refractivity contribution in [2.75, 3.05) is 20.1 Å². The van der Waals surface area contributed by atoms with Crippen LogP contribution in [-0.2, 0) is 0 Å². The predicted molar refractivity (Wildman–Crippen MR) is 72.9 cm³/mol. The first kappa shape index (κ1) is 15.0. The lowest BCUT2D eigenvalue weighted by atomic mass is 10.0. The molecule has 5 heteroatoms. The summed E-state index contributed by atoms with van der Waals surface area (Å²) in [6.45, 7) is 2.26. The second-order valence-electron chi connectivity index (χ2n) is 5.02. The zero-order valence-electron chi connectivity index (χ0n) is 11.3. The normalized spacial score (nSPS) is 26.5. The Bertz CT molecular complexity index is 262. The van der Waals surface area contributed by atoms with Gasteiger partial charge in [0.1, 0.15) is 11.4 Å². The van der Waals surface area contributed by atoms with Crippen LogP contribution in [0.15, 0.2) is 10.3 Å². The van der Waals surface area contributed by atoms with Gasteiger partial charge in [0.05, 0.1) is 0 Å². The first-order chi connectivity index (χ1) is 8.77. The fourth-order valence-electron chi connectivity index (χ4n) is 2.32. The van der Waals surface area contributed by atoms with Crippen molar-refractivity contribution in [2.45, 2.75) is 51.4 Å². The zero-order valence-corrected chi connectivity index (χ0v) is 11.3. The van der Waals surface area contributed by atoms with Crippen LogP contribution in [0.3, 0.4) is 0 Å². The summed E-state index contributed by atoms with van der Waals surface area (Å²) >= 11 is 0. The quantitative estimate of drug-likeness (QED) is 0.516. The predicted octanol–water partition coefficient (Wildman–Crippen LogP) is 2.71. The molecule has 0 unspecified atom stereocenters. The van der Waals surface area contributed by atoms with Crippen molar-refractivity contribution in [1.82, 2.24) is 4.90 Å². The van der Waals surface area contributed by atoms with E-state index in [-0.39, 0.29) is 0 Å². The maximum Gasteiger partial charge on any atom is 0.104 e. The number of hydrogen-bond acceptors (Lipinski definition) is 5. The smallest absolute Gasteiger partial charge is 0.104 e. The zero-order chi connectivity index (χ0) is 13.2. The Kier molecular flexibility index (Phi) is 7.41. The first-order valence-electron chi connectivity index (χ1n) is 6.88. The van der Waals surface area contributed by atoms with Crippen molar-refractivity contribution in [3.63, 3.8) is 0 Å². The molecule has 18 heavy (non-hydrogen) atoms. The molecule has 1 fully saturated rings. The molecular weight excluding hydrogens is 230 g/mol. The van der Waals surface area contributed by atoms with Gasteiger partial charge in [-0.1, -0.05) is 23.2 Å². The van der Waals surface area contributed by atoms with Gasteiger partial charge in [-0.3, -0.25) is 0 Å². The second-order valence-corrected chi connectivity index (χ2v) is 5.02. The molecule has 0 aliphatic carbocycles. The lowest BCUT2D eigenvalue weighted by Crippen LogP contribution is -2.20. The van der Waals surface area contributed by atoms with Gasteiger partial charge in [-0.25, -0.2) is 0 Å². The summed E-state index contributed by atoms with van der Waals surface area (Å²) in [6, 6.07) is 0. The van der Waals surface area contributed by atoms with Crippen LogP contribution in [0, 0.1) is 0 Å². The van der Waals surface area contributed by atoms with Crippen molar-refractivity contribution >= 4 is 11.4 Å². The van der Waals surface area contributed by atoms with Crippen LogP contribution in [0.1, 0.15) is 51.4 Å². The molecule has 2 N–H and O–H groups in total. The summed E-state index contributed by atoms with van der Waals surface area (Å²) in [5.41, 5.74) is 1.09. The molecule has 0 saturated carbocycles. The molecule has 104 valence electrons. The summed E-state index contributed by atoms with van der Waals surface area (Å²) in [7, 11) is 2.17. The van der Waals surface area contributed by atoms with E-state index in [1.807, 2.05) is 0 Å². The monoisotopic (exact) mass is 255 g/mol. The van der Waals surface area contributed by atoms with Gasteiger partial charge in [-0.15, -0.1) is 0 Å². The molecular formula is C13H25N3O2. The minimum Gasteiger partial charge on any atom is -0.411 e. The number of rotatable bonds is 0. The number of oxime groups is 2. The van der Waals surface area contributed by atoms with Gasteiger partial charge in [0.25, 0.3) is 0 Å². The Morgan fingerprint density at radius 1 is 0.778 bits per heavy atom. The molecule has 1 rings (SSSR count). The summed E-state index contributed by atoms with van der Waals surface area (Å²) < 4.78 is 0. The highest BCUT2D eigenvalue weighted by atomic mass is 16.4. The van der Waals surface area contributed by atoms with Gasteiger partial charge in [-0.2, -0.15) is 0 Å². The fraction of sp³-hybridized carbons (Fsp3) is 0.846. The molecule has 0 bridgehead atoms. The van der Waals surface area contributed by atoms with E-state index in [0.717, 1.165) is 38.8 Å². The standard InChI is InChI=1S/C13H25N3O2/c1-16-10-6-2-4-8-12(14-17)13(15-18)9-5-3-7-11-16/h17-18H,2-11H2,1H3/b14-12-,15-13-. The third kappa shape index (κ3) is 5.49. The van der Waals surface area contributed by atoms with Crippen molar-refractivity contribution < 1.29 is 10.4 Å². The average Bonchev–Trinajstić information content (AvgIpc) is 2.40. The average molecular weight is 255 g/mol. The van der Waals surface area contributed by atoms with Gasteiger partial charge < -0.3 is 15.3 Å². The van der Waals surface area contributed by atoms with Crippen LogP contribution in [0.2, 0.25) is 0 Å². The van der Waals surface area contributed by atoms with E-state index in [0.29, 0.717) is 24.3 Å². The van der Waals surface area contributed by atoms with E-state index in [4.69, 9.17) is 10.4 Å². The largest absolute Gasteiger partial charge is 0.411 e. The molecule has 1 aliphatic rings. The molecule has 1 heterocycles. The highest BCUT2D eigenvalue weighted by Gasteiger charge is 2.11. The Morgan fingerprint density at radius 2 is 1.22 bits per heavy atom. The molecule has 0 aromatic rings. The molecule has 1 aliphatic heterocycles. The van der Waals surface area contributed by atoms with Crippen molar-refractivity contribution in [3.05, 3.63) is 0 Å². The van der Waals surface area contributed by atoms with Gasteiger partial charge in [0.2, 0.25) is 0 Å². The van der Waals surface area contributed by atoms with Crippen LogP contribution in [0.4, 0.5) is 0 Å². The SMILES string of the molecule is CN1CCCCCC(=N/O)/C(=N\O)CCCCC1. The third-order valence-corrected chi connectivity index (χ3v) is 3.48. The Balaban J connectivity index is 2.55. The Morgan fingerprint density at radius 3 is 1.61 bits per heavy atom. The highest BCUT2D eigenvalue weighted by molar-refractivity contribution is 6.42. The van der Waals surface area contributed by atoms with Crippen LogP contribution in [-0.4, -0.2) is 46.9 Å². The molecule has 0 radical (unpaired) electrons. The molecule has 0 spiro atoms. The maximum atomic E-state index is 8.98. The van der Waals surface area contributed by atoms with E-state index in [1.54, 1.807) is 0 Å². The van der Waals surface area contributed by atoms with E-state index < -0.39 is 0 Å². The van der Waals surface area contributed by atoms with Crippen LogP contribution >= 0.6 is 0 Å². The number of nitrogens with zero attached hydrogens (tertiary/aromatic N) is 3. The lowest BCUT2D eigenvalue weighted by molar-refractivity contribution is 0.312. The van der Waals surface area contributed by atoms with Crippen LogP contribution in [0.5, 0.6) is 0 Å². The topological polar surface area (TPSA) is 68.4 Å². The van der Waals surface area contributed by atoms with Gasteiger partial charge >= 0.3 is 0 Å². The van der Waals surface area contributed by atoms with Crippen molar-refractivity contribution in [2.24, 2.45) is 10.3 Å². The van der Waals surface area contributed by atoms with E-state index in [2.05, 4.69) is 22.3 Å². The summed E-state index contributed by atoms with van der Waals surface area (Å²) in [5.74, 6) is 0. The van der Waals surface area contributed by atoms with Gasteiger partial charge in [-0.05, 0) is 58.7 Å². The molecule has 0 aromatic carbocycles. The van der Waals surface area contributed by atoms with E-state index in [1.165, 1.54) is 12.8 Å². The van der Waals surface area contributed by atoms with Crippen LogP contribution < -0.4 is 0 Å². The molecule has 1 saturated heterocycles. The Hall–Kier alpha value is -1.10. The third-order valence-electron chi connectivity index (χ3n) is 3.48. The van der Waals surface area contributed by atoms with Crippen molar-refractivity contribution in [3.8, 4) is 0 Å². The minimum absolute atomic E-state index is 0.546. The lowest BCUT2D eigenvalue weighted by Gasteiger charge is -2.15. The Labute approximate surface area is 109 Å². The van der Waals surface area contributed by atoms with Crippen LogP contribution in [0.25, 0.3) is 0 Å². The highest BCUT2D eigenvalue weighted by Crippen LogP contribution is 2.10. The van der Waals surface area contributed by atoms with E-state index >= 15 is 0 Å². The summed E-state index contributed by atoms with van der Waals surface area (Å²) in [5, 5.41) is 24.5.